The van der Waals surface area contributed by atoms with Crippen LogP contribution < -0.4 is 0 Å². The first-order chi connectivity index (χ1) is 6.65. The van der Waals surface area contributed by atoms with E-state index < -0.39 is 0 Å². The predicted molar refractivity (Wildman–Crippen MR) is 55.9 cm³/mol. The first kappa shape index (κ1) is 9.71. The van der Waals surface area contributed by atoms with Crippen molar-refractivity contribution in [3.63, 3.8) is 0 Å². The summed E-state index contributed by atoms with van der Waals surface area (Å²) in [5.74, 6) is 0.0943. The van der Waals surface area contributed by atoms with Gasteiger partial charge in [0.2, 0.25) is 5.91 Å². The quantitative estimate of drug-likeness (QED) is 0.609. The molecule has 2 atom stereocenters. The zero-order valence-electron chi connectivity index (χ0n) is 8.94. The normalized spacial score (nSPS) is 31.5. The van der Waals surface area contributed by atoms with Crippen molar-refractivity contribution < 1.29 is 4.79 Å². The molecule has 14 heavy (non-hydrogen) atoms. The third-order valence-electron chi connectivity index (χ3n) is 3.46. The van der Waals surface area contributed by atoms with Gasteiger partial charge in [0.05, 0.1) is 6.04 Å². The summed E-state index contributed by atoms with van der Waals surface area (Å²) < 4.78 is 0. The smallest absolute Gasteiger partial charge is 0.246 e. The Labute approximate surface area is 85.4 Å². The molecule has 3 heteroatoms. The van der Waals surface area contributed by atoms with E-state index >= 15 is 0 Å². The van der Waals surface area contributed by atoms with E-state index in [0.717, 1.165) is 19.5 Å². The van der Waals surface area contributed by atoms with Crippen molar-refractivity contribution >= 4 is 5.91 Å². The van der Waals surface area contributed by atoms with Gasteiger partial charge in [-0.3, -0.25) is 9.69 Å². The van der Waals surface area contributed by atoms with Gasteiger partial charge in [-0.2, -0.15) is 0 Å². The van der Waals surface area contributed by atoms with Crippen LogP contribution >= 0.6 is 0 Å². The number of hydrogen-bond acceptors (Lipinski definition) is 2. The van der Waals surface area contributed by atoms with Gasteiger partial charge < -0.3 is 4.90 Å². The summed E-state index contributed by atoms with van der Waals surface area (Å²) in [4.78, 5) is 15.8. The maximum atomic E-state index is 11.4. The first-order valence-electron chi connectivity index (χ1n) is 5.34. The largest absolute Gasteiger partial charge is 0.333 e. The van der Waals surface area contributed by atoms with Crippen molar-refractivity contribution in [2.75, 3.05) is 13.1 Å². The van der Waals surface area contributed by atoms with Crippen LogP contribution in [0.15, 0.2) is 12.7 Å². The molecule has 2 rings (SSSR count). The van der Waals surface area contributed by atoms with E-state index in [0.29, 0.717) is 18.1 Å². The lowest BCUT2D eigenvalue weighted by Crippen LogP contribution is -2.64. The highest BCUT2D eigenvalue weighted by molar-refractivity contribution is 5.88. The van der Waals surface area contributed by atoms with Crippen LogP contribution in [0.4, 0.5) is 0 Å². The number of nitrogens with zero attached hydrogens (tertiary/aromatic N) is 2. The molecular weight excluding hydrogens is 176 g/mol. The fourth-order valence-electron chi connectivity index (χ4n) is 2.66. The van der Waals surface area contributed by atoms with Crippen molar-refractivity contribution in [2.24, 2.45) is 0 Å². The second-order valence-electron chi connectivity index (χ2n) is 4.45. The molecular formula is C11H18N2O. The Morgan fingerprint density at radius 3 is 2.79 bits per heavy atom. The van der Waals surface area contributed by atoms with Crippen molar-refractivity contribution in [1.29, 1.82) is 0 Å². The Morgan fingerprint density at radius 1 is 1.50 bits per heavy atom. The molecule has 0 aromatic heterocycles. The van der Waals surface area contributed by atoms with Gasteiger partial charge in [-0.1, -0.05) is 6.58 Å². The molecule has 0 radical (unpaired) electrons. The monoisotopic (exact) mass is 194 g/mol. The number of carbonyl (C=O) groups is 1. The van der Waals surface area contributed by atoms with Crippen molar-refractivity contribution in [3.05, 3.63) is 12.7 Å². The van der Waals surface area contributed by atoms with Gasteiger partial charge in [0, 0.05) is 25.2 Å². The average molecular weight is 194 g/mol. The van der Waals surface area contributed by atoms with Gasteiger partial charge in [-0.25, -0.2) is 0 Å². The summed E-state index contributed by atoms with van der Waals surface area (Å²) in [7, 11) is 0. The van der Waals surface area contributed by atoms with Crippen LogP contribution in [-0.4, -0.2) is 46.9 Å². The number of fused-ring (bicyclic) bond motifs is 1. The second-order valence-corrected chi connectivity index (χ2v) is 4.45. The van der Waals surface area contributed by atoms with E-state index in [-0.39, 0.29) is 5.91 Å². The topological polar surface area (TPSA) is 23.6 Å². The van der Waals surface area contributed by atoms with E-state index in [2.05, 4.69) is 25.3 Å². The molecule has 0 aromatic rings. The molecule has 2 aliphatic rings. The molecule has 2 saturated heterocycles. The highest BCUT2D eigenvalue weighted by Crippen LogP contribution is 2.33. The zero-order chi connectivity index (χ0) is 10.3. The van der Waals surface area contributed by atoms with E-state index in [4.69, 9.17) is 0 Å². The minimum absolute atomic E-state index is 0.0943. The minimum atomic E-state index is 0.0943. The van der Waals surface area contributed by atoms with Gasteiger partial charge in [0.1, 0.15) is 0 Å². The van der Waals surface area contributed by atoms with Gasteiger partial charge in [-0.05, 0) is 26.3 Å². The van der Waals surface area contributed by atoms with Crippen LogP contribution in [0.1, 0.15) is 20.3 Å². The van der Waals surface area contributed by atoms with E-state index in [1.807, 2.05) is 4.90 Å². The fraction of sp³-hybridized carbons (Fsp3) is 0.727. The second kappa shape index (κ2) is 3.39. The SMILES string of the molecule is C=CC(=O)N1CC2C1CCN2C(C)C. The molecule has 78 valence electrons. The lowest BCUT2D eigenvalue weighted by atomic mass is 9.96. The molecule has 0 aliphatic carbocycles. The maximum absolute atomic E-state index is 11.4. The summed E-state index contributed by atoms with van der Waals surface area (Å²) in [6.45, 7) is 10.0. The summed E-state index contributed by atoms with van der Waals surface area (Å²) in [5, 5.41) is 0. The highest BCUT2D eigenvalue weighted by Gasteiger charge is 2.48. The van der Waals surface area contributed by atoms with Crippen LogP contribution in [0.5, 0.6) is 0 Å². The van der Waals surface area contributed by atoms with Crippen LogP contribution in [0.2, 0.25) is 0 Å². The third-order valence-corrected chi connectivity index (χ3v) is 3.46. The van der Waals surface area contributed by atoms with Gasteiger partial charge in [0.25, 0.3) is 0 Å². The van der Waals surface area contributed by atoms with Gasteiger partial charge in [-0.15, -0.1) is 0 Å². The minimum Gasteiger partial charge on any atom is -0.333 e. The summed E-state index contributed by atoms with van der Waals surface area (Å²) in [5.41, 5.74) is 0. The lowest BCUT2D eigenvalue weighted by molar-refractivity contribution is -0.136. The number of likely N-dealkylation sites (tertiary alicyclic amines) is 2. The first-order valence-corrected chi connectivity index (χ1v) is 5.34. The van der Waals surface area contributed by atoms with Gasteiger partial charge in [0.15, 0.2) is 0 Å². The molecule has 0 saturated carbocycles. The fourth-order valence-corrected chi connectivity index (χ4v) is 2.66. The van der Waals surface area contributed by atoms with Crippen molar-refractivity contribution in [1.82, 2.24) is 9.80 Å². The molecule has 2 fully saturated rings. The van der Waals surface area contributed by atoms with Crippen LogP contribution in [0.25, 0.3) is 0 Å². The molecule has 0 N–H and O–H groups in total. The molecule has 2 aliphatic heterocycles. The molecule has 2 unspecified atom stereocenters. The lowest BCUT2D eigenvalue weighted by Gasteiger charge is -2.47. The zero-order valence-corrected chi connectivity index (χ0v) is 8.94. The van der Waals surface area contributed by atoms with E-state index in [1.54, 1.807) is 0 Å². The Morgan fingerprint density at radius 2 is 2.21 bits per heavy atom. The highest BCUT2D eigenvalue weighted by atomic mass is 16.2. The van der Waals surface area contributed by atoms with Crippen LogP contribution in [0.3, 0.4) is 0 Å². The summed E-state index contributed by atoms with van der Waals surface area (Å²) >= 11 is 0. The third kappa shape index (κ3) is 1.27. The Balaban J connectivity index is 1.98. The standard InChI is InChI=1S/C11H18N2O/c1-4-11(14)13-7-10-9(13)5-6-12(10)8(2)3/h4,8-10H,1,5-7H2,2-3H3. The number of carbonyl (C=O) groups excluding carboxylic acids is 1. The summed E-state index contributed by atoms with van der Waals surface area (Å²) in [6.07, 6.45) is 2.55. The molecule has 0 bridgehead atoms. The Hall–Kier alpha value is -0.830. The van der Waals surface area contributed by atoms with Crippen molar-refractivity contribution in [2.45, 2.75) is 38.4 Å². The number of hydrogen-bond donors (Lipinski definition) is 0. The molecule has 0 aromatic carbocycles. The van der Waals surface area contributed by atoms with Crippen LogP contribution in [0, 0.1) is 0 Å². The number of amides is 1. The Bertz CT molecular complexity index is 262. The average Bonchev–Trinajstić information content (AvgIpc) is 2.43. The molecule has 0 spiro atoms. The van der Waals surface area contributed by atoms with Crippen LogP contribution in [-0.2, 0) is 4.79 Å². The van der Waals surface area contributed by atoms with Crippen molar-refractivity contribution in [3.8, 4) is 0 Å². The van der Waals surface area contributed by atoms with E-state index in [9.17, 15) is 4.79 Å². The molecule has 3 nitrogen and oxygen atoms in total. The van der Waals surface area contributed by atoms with Gasteiger partial charge >= 0.3 is 0 Å². The molecule has 2 heterocycles. The number of rotatable bonds is 2. The summed E-state index contributed by atoms with van der Waals surface area (Å²) in [6, 6.07) is 1.67. The molecule has 1 amide bonds. The Kier molecular flexibility index (Phi) is 2.35. The predicted octanol–water partition coefficient (Wildman–Crippen LogP) is 0.866. The maximum Gasteiger partial charge on any atom is 0.246 e. The van der Waals surface area contributed by atoms with E-state index in [1.165, 1.54) is 6.08 Å².